The number of ether oxygens (including phenoxy) is 2. The molecule has 0 aromatic heterocycles. The number of rotatable bonds is 6. The fourth-order valence-corrected chi connectivity index (χ4v) is 3.59. The Hall–Kier alpha value is -3.02. The predicted molar refractivity (Wildman–Crippen MR) is 111 cm³/mol. The molecule has 0 radical (unpaired) electrons. The number of hydrogen-bond acceptors (Lipinski definition) is 4. The number of nitrogens with zero attached hydrogens (tertiary/aromatic N) is 1. The highest BCUT2D eigenvalue weighted by molar-refractivity contribution is 5.95. The molecule has 2 aromatic rings. The first-order valence-corrected chi connectivity index (χ1v) is 9.86. The highest BCUT2D eigenvalue weighted by Gasteiger charge is 2.28. The quantitative estimate of drug-likeness (QED) is 0.814. The first-order chi connectivity index (χ1) is 14.0. The summed E-state index contributed by atoms with van der Waals surface area (Å²) < 4.78 is 10.5. The molecule has 29 heavy (non-hydrogen) atoms. The molecule has 154 valence electrons. The van der Waals surface area contributed by atoms with Crippen LogP contribution < -0.4 is 14.8 Å². The van der Waals surface area contributed by atoms with E-state index >= 15 is 0 Å². The van der Waals surface area contributed by atoms with Gasteiger partial charge in [0, 0.05) is 37.2 Å². The number of methoxy groups -OCH3 is 2. The molecular formula is C23H28N2O4. The van der Waals surface area contributed by atoms with E-state index in [1.165, 1.54) is 5.56 Å². The molecule has 1 heterocycles. The van der Waals surface area contributed by atoms with Gasteiger partial charge in [-0.3, -0.25) is 9.59 Å². The lowest BCUT2D eigenvalue weighted by molar-refractivity contribution is -0.126. The van der Waals surface area contributed by atoms with Crippen LogP contribution in [0.1, 0.15) is 34.3 Å². The molecular weight excluding hydrogens is 368 g/mol. The molecule has 1 aliphatic rings. The Bertz CT molecular complexity index is 851. The minimum absolute atomic E-state index is 0.0587. The lowest BCUT2D eigenvalue weighted by Crippen LogP contribution is -2.43. The standard InChI is InChI=1S/C23H28N2O4/c1-16-6-4-5-7-18(16)15-24-22(26)17-8-10-25(11-9-17)23(27)19-12-20(28-2)14-21(13-19)29-3/h4-7,12-14,17H,8-11,15H2,1-3H3,(H,24,26). The van der Waals surface area contributed by atoms with Crippen molar-refractivity contribution in [1.29, 1.82) is 0 Å². The Morgan fingerprint density at radius 3 is 2.24 bits per heavy atom. The lowest BCUT2D eigenvalue weighted by Gasteiger charge is -2.31. The van der Waals surface area contributed by atoms with E-state index in [1.807, 2.05) is 31.2 Å². The molecule has 1 N–H and O–H groups in total. The predicted octanol–water partition coefficient (Wildman–Crippen LogP) is 3.18. The van der Waals surface area contributed by atoms with E-state index in [2.05, 4.69) is 5.32 Å². The number of likely N-dealkylation sites (tertiary alicyclic amines) is 1. The third-order valence-corrected chi connectivity index (χ3v) is 5.47. The molecule has 1 aliphatic heterocycles. The molecule has 1 saturated heterocycles. The Morgan fingerprint density at radius 1 is 1.03 bits per heavy atom. The third-order valence-electron chi connectivity index (χ3n) is 5.47. The monoisotopic (exact) mass is 396 g/mol. The number of nitrogens with one attached hydrogen (secondary N) is 1. The smallest absolute Gasteiger partial charge is 0.254 e. The van der Waals surface area contributed by atoms with Gasteiger partial charge in [0.05, 0.1) is 14.2 Å². The molecule has 6 nitrogen and oxygen atoms in total. The van der Waals surface area contributed by atoms with E-state index in [9.17, 15) is 9.59 Å². The van der Waals surface area contributed by atoms with Crippen LogP contribution in [-0.2, 0) is 11.3 Å². The van der Waals surface area contributed by atoms with Crippen molar-refractivity contribution in [3.05, 3.63) is 59.2 Å². The first-order valence-electron chi connectivity index (χ1n) is 9.86. The fourth-order valence-electron chi connectivity index (χ4n) is 3.59. The van der Waals surface area contributed by atoms with Crippen molar-refractivity contribution in [3.63, 3.8) is 0 Å². The lowest BCUT2D eigenvalue weighted by atomic mass is 9.95. The van der Waals surface area contributed by atoms with Crippen LogP contribution >= 0.6 is 0 Å². The topological polar surface area (TPSA) is 67.9 Å². The van der Waals surface area contributed by atoms with Gasteiger partial charge >= 0.3 is 0 Å². The van der Waals surface area contributed by atoms with E-state index in [4.69, 9.17) is 9.47 Å². The summed E-state index contributed by atoms with van der Waals surface area (Å²) in [6.07, 6.45) is 1.32. The van der Waals surface area contributed by atoms with Crippen LogP contribution in [-0.4, -0.2) is 44.0 Å². The zero-order valence-electron chi connectivity index (χ0n) is 17.2. The van der Waals surface area contributed by atoms with E-state index in [-0.39, 0.29) is 17.7 Å². The van der Waals surface area contributed by atoms with Crippen LogP contribution in [0.25, 0.3) is 0 Å². The zero-order chi connectivity index (χ0) is 20.8. The maximum Gasteiger partial charge on any atom is 0.254 e. The Balaban J connectivity index is 1.55. The van der Waals surface area contributed by atoms with E-state index in [0.717, 1.165) is 5.56 Å². The minimum atomic E-state index is -0.0685. The summed E-state index contributed by atoms with van der Waals surface area (Å²) in [6, 6.07) is 13.2. The van der Waals surface area contributed by atoms with E-state index in [1.54, 1.807) is 37.3 Å². The van der Waals surface area contributed by atoms with Gasteiger partial charge in [0.1, 0.15) is 11.5 Å². The normalized spacial score (nSPS) is 14.4. The summed E-state index contributed by atoms with van der Waals surface area (Å²) >= 11 is 0. The summed E-state index contributed by atoms with van der Waals surface area (Å²) in [5.41, 5.74) is 2.83. The molecule has 0 spiro atoms. The van der Waals surface area contributed by atoms with Crippen molar-refractivity contribution < 1.29 is 19.1 Å². The average molecular weight is 396 g/mol. The molecule has 0 unspecified atom stereocenters. The summed E-state index contributed by atoms with van der Waals surface area (Å²) in [5.74, 6) is 1.09. The molecule has 0 bridgehead atoms. The highest BCUT2D eigenvalue weighted by atomic mass is 16.5. The van der Waals surface area contributed by atoms with Crippen molar-refractivity contribution in [2.24, 2.45) is 5.92 Å². The molecule has 3 rings (SSSR count). The number of hydrogen-bond donors (Lipinski definition) is 1. The minimum Gasteiger partial charge on any atom is -0.497 e. The number of piperidine rings is 1. The van der Waals surface area contributed by atoms with E-state index in [0.29, 0.717) is 49.5 Å². The van der Waals surface area contributed by atoms with E-state index < -0.39 is 0 Å². The van der Waals surface area contributed by atoms with Gasteiger partial charge in [-0.2, -0.15) is 0 Å². The average Bonchev–Trinajstić information content (AvgIpc) is 2.77. The molecule has 6 heteroatoms. The van der Waals surface area contributed by atoms with Crippen LogP contribution in [0.2, 0.25) is 0 Å². The maximum absolute atomic E-state index is 12.9. The van der Waals surface area contributed by atoms with Crippen LogP contribution in [0.15, 0.2) is 42.5 Å². The van der Waals surface area contributed by atoms with Crippen LogP contribution in [0, 0.1) is 12.8 Å². The van der Waals surface area contributed by atoms with Gasteiger partial charge in [-0.25, -0.2) is 0 Å². The largest absolute Gasteiger partial charge is 0.497 e. The van der Waals surface area contributed by atoms with Crippen molar-refractivity contribution in [2.45, 2.75) is 26.3 Å². The Kier molecular flexibility index (Phi) is 6.75. The molecule has 0 saturated carbocycles. The molecule has 0 aliphatic carbocycles. The summed E-state index contributed by atoms with van der Waals surface area (Å²) in [6.45, 7) is 3.69. The number of aryl methyl sites for hydroxylation is 1. The van der Waals surface area contributed by atoms with Crippen LogP contribution in [0.5, 0.6) is 11.5 Å². The molecule has 2 aromatic carbocycles. The van der Waals surface area contributed by atoms with Gasteiger partial charge in [-0.1, -0.05) is 24.3 Å². The number of carbonyl (C=O) groups excluding carboxylic acids is 2. The SMILES string of the molecule is COc1cc(OC)cc(C(=O)N2CCC(C(=O)NCc3ccccc3C)CC2)c1. The van der Waals surface area contributed by atoms with Gasteiger partial charge in [-0.05, 0) is 43.0 Å². The summed E-state index contributed by atoms with van der Waals surface area (Å²) in [7, 11) is 3.12. The Labute approximate surface area is 171 Å². The second kappa shape index (κ2) is 9.45. The third kappa shape index (κ3) is 5.08. The Morgan fingerprint density at radius 2 is 1.66 bits per heavy atom. The van der Waals surface area contributed by atoms with Gasteiger partial charge in [0.25, 0.3) is 5.91 Å². The van der Waals surface area contributed by atoms with Crippen LogP contribution in [0.3, 0.4) is 0 Å². The van der Waals surface area contributed by atoms with Gasteiger partial charge in [0.2, 0.25) is 5.91 Å². The van der Waals surface area contributed by atoms with Gasteiger partial charge < -0.3 is 19.7 Å². The zero-order valence-corrected chi connectivity index (χ0v) is 17.2. The van der Waals surface area contributed by atoms with Gasteiger partial charge in [0.15, 0.2) is 0 Å². The van der Waals surface area contributed by atoms with Gasteiger partial charge in [-0.15, -0.1) is 0 Å². The number of carbonyl (C=O) groups is 2. The van der Waals surface area contributed by atoms with Crippen molar-refractivity contribution in [1.82, 2.24) is 10.2 Å². The van der Waals surface area contributed by atoms with Crippen molar-refractivity contribution in [2.75, 3.05) is 27.3 Å². The first kappa shape index (κ1) is 20.7. The second-order valence-electron chi connectivity index (χ2n) is 7.31. The van der Waals surface area contributed by atoms with Crippen molar-refractivity contribution in [3.8, 4) is 11.5 Å². The number of benzene rings is 2. The number of amides is 2. The molecule has 0 atom stereocenters. The maximum atomic E-state index is 12.9. The fraction of sp³-hybridized carbons (Fsp3) is 0.391. The van der Waals surface area contributed by atoms with Crippen LogP contribution in [0.4, 0.5) is 0 Å². The molecule has 2 amide bonds. The molecule has 1 fully saturated rings. The summed E-state index contributed by atoms with van der Waals surface area (Å²) in [5, 5.41) is 3.04. The van der Waals surface area contributed by atoms with Crippen molar-refractivity contribution >= 4 is 11.8 Å². The highest BCUT2D eigenvalue weighted by Crippen LogP contribution is 2.25. The second-order valence-corrected chi connectivity index (χ2v) is 7.31. The summed E-state index contributed by atoms with van der Waals surface area (Å²) in [4.78, 5) is 27.2.